The number of carbonyl (C=O) groups is 1. The monoisotopic (exact) mass is 384 g/mol. The largest absolute Gasteiger partial charge is 0.506 e. The van der Waals surface area contributed by atoms with Crippen LogP contribution in [0.3, 0.4) is 0 Å². The fraction of sp³-hybridized carbons (Fsp3) is 0. The van der Waals surface area contributed by atoms with Gasteiger partial charge in [0.2, 0.25) is 0 Å². The van der Waals surface area contributed by atoms with E-state index in [-0.39, 0.29) is 17.3 Å². The number of amides is 1. The number of hydrogen-bond donors (Lipinski definition) is 3. The third kappa shape index (κ3) is 3.08. The Kier molecular flexibility index (Phi) is 4.11. The molecule has 0 bridgehead atoms. The fourth-order valence-corrected chi connectivity index (χ4v) is 2.68. The molecule has 0 spiro atoms. The summed E-state index contributed by atoms with van der Waals surface area (Å²) >= 11 is 6.72. The van der Waals surface area contributed by atoms with Crippen LogP contribution in [-0.4, -0.2) is 11.0 Å². The molecule has 98 valence electrons. The van der Waals surface area contributed by atoms with Gasteiger partial charge in [-0.15, -0.1) is 0 Å². The summed E-state index contributed by atoms with van der Waals surface area (Å²) in [4.78, 5) is 12.1. The summed E-state index contributed by atoms with van der Waals surface area (Å²) in [7, 11) is 0. The van der Waals surface area contributed by atoms with Crippen molar-refractivity contribution in [1.29, 1.82) is 0 Å². The number of nitrogens with one attached hydrogen (secondary N) is 1. The van der Waals surface area contributed by atoms with E-state index in [9.17, 15) is 9.90 Å². The zero-order valence-electron chi connectivity index (χ0n) is 9.65. The van der Waals surface area contributed by atoms with Crippen molar-refractivity contribution in [2.75, 3.05) is 11.1 Å². The highest BCUT2D eigenvalue weighted by Crippen LogP contribution is 2.31. The van der Waals surface area contributed by atoms with Crippen LogP contribution in [0.5, 0.6) is 5.75 Å². The van der Waals surface area contributed by atoms with Crippen molar-refractivity contribution in [2.24, 2.45) is 0 Å². The van der Waals surface area contributed by atoms with Crippen molar-refractivity contribution in [3.8, 4) is 5.75 Å². The van der Waals surface area contributed by atoms with Crippen LogP contribution in [0.2, 0.25) is 0 Å². The molecule has 0 aromatic heterocycles. The number of nitrogens with two attached hydrogens (primary N) is 1. The zero-order valence-corrected chi connectivity index (χ0v) is 12.8. The van der Waals surface area contributed by atoms with Crippen LogP contribution in [0.1, 0.15) is 10.4 Å². The number of anilines is 2. The molecular weight excluding hydrogens is 376 g/mol. The first-order valence-electron chi connectivity index (χ1n) is 5.33. The first-order chi connectivity index (χ1) is 8.99. The van der Waals surface area contributed by atoms with Gasteiger partial charge in [0.05, 0.1) is 11.4 Å². The van der Waals surface area contributed by atoms with Crippen molar-refractivity contribution in [3.05, 3.63) is 50.9 Å². The molecule has 0 aliphatic carbocycles. The first-order valence-corrected chi connectivity index (χ1v) is 6.91. The van der Waals surface area contributed by atoms with E-state index in [1.165, 1.54) is 12.1 Å². The molecule has 0 aliphatic rings. The van der Waals surface area contributed by atoms with E-state index < -0.39 is 0 Å². The summed E-state index contributed by atoms with van der Waals surface area (Å²) in [6.45, 7) is 0. The second kappa shape index (κ2) is 5.63. The number of halogens is 2. The van der Waals surface area contributed by atoms with Crippen LogP contribution in [0.15, 0.2) is 45.3 Å². The van der Waals surface area contributed by atoms with Gasteiger partial charge in [-0.1, -0.05) is 6.07 Å². The van der Waals surface area contributed by atoms with E-state index in [0.29, 0.717) is 11.3 Å². The number of carbonyl (C=O) groups excluding carboxylic acids is 1. The molecule has 0 unspecified atom stereocenters. The second-order valence-corrected chi connectivity index (χ2v) is 5.53. The van der Waals surface area contributed by atoms with Crippen molar-refractivity contribution in [2.45, 2.75) is 0 Å². The Morgan fingerprint density at radius 3 is 2.37 bits per heavy atom. The highest BCUT2D eigenvalue weighted by Gasteiger charge is 2.12. The van der Waals surface area contributed by atoms with E-state index >= 15 is 0 Å². The van der Waals surface area contributed by atoms with E-state index in [1.807, 2.05) is 18.2 Å². The first kappa shape index (κ1) is 13.9. The van der Waals surface area contributed by atoms with E-state index in [4.69, 9.17) is 5.73 Å². The quantitative estimate of drug-likeness (QED) is 0.544. The molecule has 2 rings (SSSR count). The van der Waals surface area contributed by atoms with E-state index in [2.05, 4.69) is 37.2 Å². The lowest BCUT2D eigenvalue weighted by Crippen LogP contribution is -2.12. The van der Waals surface area contributed by atoms with Crippen LogP contribution in [0, 0.1) is 0 Å². The van der Waals surface area contributed by atoms with Crippen molar-refractivity contribution in [1.82, 2.24) is 0 Å². The van der Waals surface area contributed by atoms with Gasteiger partial charge in [-0.25, -0.2) is 0 Å². The third-order valence-electron chi connectivity index (χ3n) is 2.49. The lowest BCUT2D eigenvalue weighted by atomic mass is 10.1. The number of benzene rings is 2. The van der Waals surface area contributed by atoms with Crippen molar-refractivity contribution < 1.29 is 9.90 Å². The van der Waals surface area contributed by atoms with Gasteiger partial charge in [0, 0.05) is 14.5 Å². The topological polar surface area (TPSA) is 75.4 Å². The Morgan fingerprint density at radius 2 is 1.79 bits per heavy atom. The average molecular weight is 386 g/mol. The molecule has 0 saturated heterocycles. The summed E-state index contributed by atoms with van der Waals surface area (Å²) in [5.41, 5.74) is 6.68. The number of nitrogen functional groups attached to an aromatic ring is 1. The van der Waals surface area contributed by atoms with Crippen molar-refractivity contribution >= 4 is 49.1 Å². The lowest BCUT2D eigenvalue weighted by Gasteiger charge is -2.10. The molecule has 0 radical (unpaired) electrons. The summed E-state index contributed by atoms with van der Waals surface area (Å²) in [5.74, 6) is -0.443. The van der Waals surface area contributed by atoms with Crippen molar-refractivity contribution in [3.63, 3.8) is 0 Å². The summed E-state index contributed by atoms with van der Waals surface area (Å²) < 4.78 is 1.52. The standard InChI is InChI=1S/C13H10Br2N2O2/c14-8-2-1-3-9(15)12(8)17-13(19)7-4-5-10(16)11(18)6-7/h1-6,18H,16H2,(H,17,19). The molecule has 2 aromatic rings. The van der Waals surface area contributed by atoms with Gasteiger partial charge in [0.15, 0.2) is 0 Å². The molecule has 0 aliphatic heterocycles. The highest BCUT2D eigenvalue weighted by atomic mass is 79.9. The number of phenols is 1. The normalized spacial score (nSPS) is 10.2. The lowest BCUT2D eigenvalue weighted by molar-refractivity contribution is 0.102. The minimum Gasteiger partial charge on any atom is -0.506 e. The van der Waals surface area contributed by atoms with Gasteiger partial charge in [0.25, 0.3) is 5.91 Å². The predicted molar refractivity (Wildman–Crippen MR) is 82.3 cm³/mol. The SMILES string of the molecule is Nc1ccc(C(=O)Nc2c(Br)cccc2Br)cc1O. The third-order valence-corrected chi connectivity index (χ3v) is 3.82. The molecule has 4 N–H and O–H groups in total. The Morgan fingerprint density at radius 1 is 1.16 bits per heavy atom. The number of para-hydroxylation sites is 1. The number of phenolic OH excluding ortho intramolecular Hbond substituents is 1. The Hall–Kier alpha value is -1.53. The average Bonchev–Trinajstić information content (AvgIpc) is 2.37. The van der Waals surface area contributed by atoms with Crippen LogP contribution in [-0.2, 0) is 0 Å². The molecule has 0 saturated carbocycles. The molecule has 0 fully saturated rings. The second-order valence-electron chi connectivity index (χ2n) is 3.82. The molecule has 2 aromatic carbocycles. The molecule has 4 nitrogen and oxygen atoms in total. The predicted octanol–water partition coefficient (Wildman–Crippen LogP) is 3.75. The summed E-state index contributed by atoms with van der Waals surface area (Å²) in [5, 5.41) is 12.3. The number of hydrogen-bond acceptors (Lipinski definition) is 3. The molecular formula is C13H10Br2N2O2. The zero-order chi connectivity index (χ0) is 14.0. The highest BCUT2D eigenvalue weighted by molar-refractivity contribution is 9.11. The molecule has 0 atom stereocenters. The van der Waals surface area contributed by atoms with Crippen LogP contribution in [0.4, 0.5) is 11.4 Å². The Labute approximate surface area is 126 Å². The maximum absolute atomic E-state index is 12.1. The van der Waals surface area contributed by atoms with Gasteiger partial charge >= 0.3 is 0 Å². The van der Waals surface area contributed by atoms with E-state index in [0.717, 1.165) is 8.95 Å². The van der Waals surface area contributed by atoms with Gasteiger partial charge in [-0.3, -0.25) is 4.79 Å². The Bertz CT molecular complexity index is 624. The van der Waals surface area contributed by atoms with Gasteiger partial charge in [0.1, 0.15) is 5.75 Å². The number of aromatic hydroxyl groups is 1. The number of rotatable bonds is 2. The minimum absolute atomic E-state index is 0.112. The van der Waals surface area contributed by atoms with Gasteiger partial charge < -0.3 is 16.2 Å². The maximum Gasteiger partial charge on any atom is 0.255 e. The molecule has 19 heavy (non-hydrogen) atoms. The Balaban J connectivity index is 2.28. The van der Waals surface area contributed by atoms with Gasteiger partial charge in [-0.2, -0.15) is 0 Å². The van der Waals surface area contributed by atoms with Gasteiger partial charge in [-0.05, 0) is 62.2 Å². The summed E-state index contributed by atoms with van der Waals surface area (Å²) in [6, 6.07) is 9.85. The molecule has 1 amide bonds. The smallest absolute Gasteiger partial charge is 0.255 e. The fourth-order valence-electron chi connectivity index (χ4n) is 1.49. The van der Waals surface area contributed by atoms with E-state index in [1.54, 1.807) is 6.07 Å². The molecule has 6 heteroatoms. The van der Waals surface area contributed by atoms with Crippen LogP contribution >= 0.6 is 31.9 Å². The molecule has 0 heterocycles. The minimum atomic E-state index is -0.331. The maximum atomic E-state index is 12.1. The summed E-state index contributed by atoms with van der Waals surface area (Å²) in [6.07, 6.45) is 0. The van der Waals surface area contributed by atoms with Crippen LogP contribution in [0.25, 0.3) is 0 Å². The van der Waals surface area contributed by atoms with Crippen LogP contribution < -0.4 is 11.1 Å².